The van der Waals surface area contributed by atoms with Crippen LogP contribution >= 0.6 is 0 Å². The predicted molar refractivity (Wildman–Crippen MR) is 50.4 cm³/mol. The fourth-order valence-corrected chi connectivity index (χ4v) is 1.02. The number of halogens is 3. The van der Waals surface area contributed by atoms with Crippen LogP contribution < -0.4 is 5.73 Å². The highest BCUT2D eigenvalue weighted by molar-refractivity contribution is 4.98. The van der Waals surface area contributed by atoms with Gasteiger partial charge in [-0.15, -0.1) is 0 Å². The molecule has 0 amide bonds. The van der Waals surface area contributed by atoms with Crippen molar-refractivity contribution in [3.05, 3.63) is 11.7 Å². The molecular formula is C9H14F3N3O. The Labute approximate surface area is 91.0 Å². The molecule has 16 heavy (non-hydrogen) atoms. The molecule has 0 radical (unpaired) electrons. The Kier molecular flexibility index (Phi) is 3.27. The van der Waals surface area contributed by atoms with Gasteiger partial charge in [0.1, 0.15) is 6.42 Å². The number of rotatable bonds is 2. The van der Waals surface area contributed by atoms with E-state index in [2.05, 4.69) is 14.7 Å². The predicted octanol–water partition coefficient (Wildman–Crippen LogP) is 2.22. The first-order valence-electron chi connectivity index (χ1n) is 4.74. The third kappa shape index (κ3) is 3.48. The molecule has 0 aromatic carbocycles. The van der Waals surface area contributed by atoms with Gasteiger partial charge in [0, 0.05) is 0 Å². The summed E-state index contributed by atoms with van der Waals surface area (Å²) < 4.78 is 40.6. The van der Waals surface area contributed by atoms with Crippen LogP contribution in [0.5, 0.6) is 0 Å². The van der Waals surface area contributed by atoms with Crippen molar-refractivity contribution in [2.45, 2.75) is 39.4 Å². The monoisotopic (exact) mass is 237 g/mol. The minimum Gasteiger partial charge on any atom is -0.339 e. The standard InChI is InChI=1S/C9H14F3N3O/c1-8(2,3)6(13)7-14-5(16-15-7)4-9(10,11)12/h6H,4,13H2,1-3H3. The Morgan fingerprint density at radius 1 is 1.31 bits per heavy atom. The molecule has 2 N–H and O–H groups in total. The van der Waals surface area contributed by atoms with Crippen LogP contribution in [-0.4, -0.2) is 16.3 Å². The van der Waals surface area contributed by atoms with Crippen molar-refractivity contribution in [1.82, 2.24) is 10.1 Å². The summed E-state index contributed by atoms with van der Waals surface area (Å²) in [5.41, 5.74) is 5.45. The lowest BCUT2D eigenvalue weighted by atomic mass is 9.87. The molecule has 92 valence electrons. The molecule has 0 fully saturated rings. The molecule has 1 rings (SSSR count). The zero-order valence-corrected chi connectivity index (χ0v) is 9.30. The van der Waals surface area contributed by atoms with Crippen molar-refractivity contribution in [2.24, 2.45) is 11.1 Å². The lowest BCUT2D eigenvalue weighted by molar-refractivity contribution is -0.131. The van der Waals surface area contributed by atoms with Gasteiger partial charge in [-0.1, -0.05) is 25.9 Å². The van der Waals surface area contributed by atoms with Gasteiger partial charge in [0.25, 0.3) is 0 Å². The van der Waals surface area contributed by atoms with Crippen molar-refractivity contribution >= 4 is 0 Å². The molecule has 1 aromatic rings. The zero-order chi connectivity index (χ0) is 12.6. The Bertz CT molecular complexity index is 354. The van der Waals surface area contributed by atoms with Crippen LogP contribution in [0.4, 0.5) is 13.2 Å². The number of alkyl halides is 3. The van der Waals surface area contributed by atoms with E-state index in [1.165, 1.54) is 0 Å². The van der Waals surface area contributed by atoms with Gasteiger partial charge in [0.2, 0.25) is 5.89 Å². The van der Waals surface area contributed by atoms with Crippen LogP contribution in [-0.2, 0) is 6.42 Å². The highest BCUT2D eigenvalue weighted by Gasteiger charge is 2.33. The molecule has 0 saturated heterocycles. The SMILES string of the molecule is CC(C)(C)C(N)c1noc(CC(F)(F)F)n1. The third-order valence-electron chi connectivity index (χ3n) is 2.05. The number of hydrogen-bond donors (Lipinski definition) is 1. The van der Waals surface area contributed by atoms with Gasteiger partial charge < -0.3 is 10.3 Å². The Morgan fingerprint density at radius 2 is 1.88 bits per heavy atom. The zero-order valence-electron chi connectivity index (χ0n) is 9.30. The van der Waals surface area contributed by atoms with Crippen LogP contribution in [0.1, 0.15) is 38.5 Å². The first kappa shape index (κ1) is 13.0. The minimum absolute atomic E-state index is 0.103. The van der Waals surface area contributed by atoms with E-state index < -0.39 is 24.5 Å². The van der Waals surface area contributed by atoms with Gasteiger partial charge in [-0.2, -0.15) is 18.2 Å². The first-order valence-corrected chi connectivity index (χ1v) is 4.74. The van der Waals surface area contributed by atoms with Gasteiger partial charge in [-0.05, 0) is 5.41 Å². The summed E-state index contributed by atoms with van der Waals surface area (Å²) in [6, 6.07) is -0.557. The van der Waals surface area contributed by atoms with E-state index in [0.29, 0.717) is 0 Å². The van der Waals surface area contributed by atoms with Crippen LogP contribution in [0.15, 0.2) is 4.52 Å². The average molecular weight is 237 g/mol. The maximum absolute atomic E-state index is 12.0. The first-order chi connectivity index (χ1) is 7.09. The molecule has 4 nitrogen and oxygen atoms in total. The second-order valence-corrected chi connectivity index (χ2v) is 4.68. The molecule has 1 aromatic heterocycles. The molecule has 7 heteroatoms. The number of aromatic nitrogens is 2. The molecule has 0 saturated carbocycles. The van der Waals surface area contributed by atoms with Crippen LogP contribution in [0.3, 0.4) is 0 Å². The summed E-state index contributed by atoms with van der Waals surface area (Å²) in [5.74, 6) is -0.353. The largest absolute Gasteiger partial charge is 0.397 e. The number of hydrogen-bond acceptors (Lipinski definition) is 4. The molecule has 1 heterocycles. The van der Waals surface area contributed by atoms with Crippen LogP contribution in [0, 0.1) is 5.41 Å². The molecule has 0 spiro atoms. The van der Waals surface area contributed by atoms with Gasteiger partial charge in [-0.3, -0.25) is 0 Å². The molecule has 0 aliphatic heterocycles. The second kappa shape index (κ2) is 4.04. The number of nitrogens with two attached hydrogens (primary N) is 1. The van der Waals surface area contributed by atoms with E-state index in [1.807, 2.05) is 20.8 Å². The fraction of sp³-hybridized carbons (Fsp3) is 0.778. The molecule has 0 bridgehead atoms. The molecular weight excluding hydrogens is 223 g/mol. The normalized spacial score (nSPS) is 15.2. The summed E-state index contributed by atoms with van der Waals surface area (Å²) in [6.45, 7) is 5.53. The average Bonchev–Trinajstić information content (AvgIpc) is 2.46. The maximum Gasteiger partial charge on any atom is 0.397 e. The fourth-order valence-electron chi connectivity index (χ4n) is 1.02. The molecule has 1 unspecified atom stereocenters. The van der Waals surface area contributed by atoms with E-state index in [9.17, 15) is 13.2 Å². The minimum atomic E-state index is -4.35. The summed E-state index contributed by atoms with van der Waals surface area (Å²) in [6.07, 6.45) is -5.58. The maximum atomic E-state index is 12.0. The smallest absolute Gasteiger partial charge is 0.339 e. The Hall–Kier alpha value is -1.11. The Balaban J connectivity index is 2.80. The molecule has 0 aliphatic rings. The van der Waals surface area contributed by atoms with Gasteiger partial charge in [0.05, 0.1) is 6.04 Å². The number of nitrogens with zero attached hydrogens (tertiary/aromatic N) is 2. The third-order valence-corrected chi connectivity index (χ3v) is 2.05. The topological polar surface area (TPSA) is 64.9 Å². The van der Waals surface area contributed by atoms with E-state index >= 15 is 0 Å². The van der Waals surface area contributed by atoms with Crippen LogP contribution in [0.25, 0.3) is 0 Å². The summed E-state index contributed by atoms with van der Waals surface area (Å²) >= 11 is 0. The lowest BCUT2D eigenvalue weighted by Gasteiger charge is -2.23. The second-order valence-electron chi connectivity index (χ2n) is 4.68. The van der Waals surface area contributed by atoms with Gasteiger partial charge >= 0.3 is 6.18 Å². The van der Waals surface area contributed by atoms with Crippen molar-refractivity contribution in [3.63, 3.8) is 0 Å². The highest BCUT2D eigenvalue weighted by Crippen LogP contribution is 2.29. The highest BCUT2D eigenvalue weighted by atomic mass is 19.4. The van der Waals surface area contributed by atoms with E-state index in [0.717, 1.165) is 0 Å². The summed E-state index contributed by atoms with van der Waals surface area (Å²) in [5, 5.41) is 3.46. The van der Waals surface area contributed by atoms with E-state index in [1.54, 1.807) is 0 Å². The van der Waals surface area contributed by atoms with Crippen molar-refractivity contribution < 1.29 is 17.7 Å². The van der Waals surface area contributed by atoms with Crippen molar-refractivity contribution in [3.8, 4) is 0 Å². The molecule has 0 aliphatic carbocycles. The summed E-state index contributed by atoms with van der Waals surface area (Å²) in [7, 11) is 0. The van der Waals surface area contributed by atoms with Gasteiger partial charge in [-0.25, -0.2) is 0 Å². The lowest BCUT2D eigenvalue weighted by Crippen LogP contribution is -2.27. The van der Waals surface area contributed by atoms with E-state index in [-0.39, 0.29) is 11.2 Å². The van der Waals surface area contributed by atoms with Gasteiger partial charge in [0.15, 0.2) is 5.82 Å². The summed E-state index contributed by atoms with van der Waals surface area (Å²) in [4.78, 5) is 3.64. The Morgan fingerprint density at radius 3 is 2.31 bits per heavy atom. The van der Waals surface area contributed by atoms with Crippen molar-refractivity contribution in [2.75, 3.05) is 0 Å². The van der Waals surface area contributed by atoms with E-state index in [4.69, 9.17) is 5.73 Å². The van der Waals surface area contributed by atoms with Crippen LogP contribution in [0.2, 0.25) is 0 Å². The molecule has 1 atom stereocenters. The quantitative estimate of drug-likeness (QED) is 0.856. The van der Waals surface area contributed by atoms with Crippen molar-refractivity contribution in [1.29, 1.82) is 0 Å².